The van der Waals surface area contributed by atoms with Crippen molar-refractivity contribution < 1.29 is 22.3 Å². The van der Waals surface area contributed by atoms with Crippen LogP contribution >= 0.6 is 22.9 Å². The molecule has 0 atom stereocenters. The lowest BCUT2D eigenvalue weighted by Crippen LogP contribution is -2.35. The van der Waals surface area contributed by atoms with Crippen molar-refractivity contribution in [3.8, 4) is 0 Å². The molecule has 0 fully saturated rings. The summed E-state index contributed by atoms with van der Waals surface area (Å²) in [5, 5.41) is 1.70. The van der Waals surface area contributed by atoms with Gasteiger partial charge in [0.2, 0.25) is 5.52 Å². The van der Waals surface area contributed by atoms with Crippen LogP contribution in [0.2, 0.25) is 5.02 Å². The monoisotopic (exact) mass is 404 g/mol. The minimum atomic E-state index is -3.91. The number of fused-ring (bicyclic) bond motifs is 1. The van der Waals surface area contributed by atoms with Crippen molar-refractivity contribution in [1.82, 2.24) is 0 Å². The van der Waals surface area contributed by atoms with Gasteiger partial charge in [0.25, 0.3) is 15.1 Å². The molecular formula is C17H23ClNO4S2+. The van der Waals surface area contributed by atoms with Gasteiger partial charge in [-0.15, -0.1) is 0 Å². The van der Waals surface area contributed by atoms with Gasteiger partial charge in [0.1, 0.15) is 10.5 Å². The smallest absolute Gasteiger partial charge is 0.266 e. The minimum Gasteiger partial charge on any atom is -0.498 e. The normalized spacial score (nSPS) is 12.7. The molecule has 0 bridgehead atoms. The largest absolute Gasteiger partial charge is 0.498 e. The minimum absolute atomic E-state index is 0.222. The van der Waals surface area contributed by atoms with Crippen LogP contribution in [0, 0.1) is 0 Å². The summed E-state index contributed by atoms with van der Waals surface area (Å²) >= 11 is 7.79. The van der Waals surface area contributed by atoms with Gasteiger partial charge in [0.05, 0.1) is 18.4 Å². The standard InChI is InChI=1S/C17H22ClNO4S2/c1-3-14(23-4-2)12-17-19(9-5-6-10-25(20,21)22)15-11-13(18)7-8-16(15)24-17/h7-8,11-12H,3-6,9-10H2,1-2H3/p+1. The second kappa shape index (κ2) is 8.98. The van der Waals surface area contributed by atoms with E-state index in [1.165, 1.54) is 0 Å². The molecule has 5 nitrogen and oxygen atoms in total. The first kappa shape index (κ1) is 20.2. The van der Waals surface area contributed by atoms with Crippen molar-refractivity contribution >= 4 is 49.3 Å². The number of allylic oxidation sites excluding steroid dienone is 1. The average molecular weight is 405 g/mol. The third-order valence-corrected chi connectivity index (χ3v) is 5.84. The number of benzene rings is 1. The molecule has 1 N–H and O–H groups in total. The number of nitrogens with zero attached hydrogens (tertiary/aromatic N) is 1. The summed E-state index contributed by atoms with van der Waals surface area (Å²) in [6.07, 6.45) is 3.87. The van der Waals surface area contributed by atoms with Gasteiger partial charge < -0.3 is 4.74 Å². The summed E-state index contributed by atoms with van der Waals surface area (Å²) in [4.78, 5) is 0. The molecule has 2 aromatic rings. The highest BCUT2D eigenvalue weighted by Gasteiger charge is 2.20. The Bertz CT molecular complexity index is 859. The maximum absolute atomic E-state index is 10.9. The van der Waals surface area contributed by atoms with E-state index in [9.17, 15) is 8.42 Å². The van der Waals surface area contributed by atoms with Crippen molar-refractivity contribution in [3.63, 3.8) is 0 Å². The highest BCUT2D eigenvalue weighted by molar-refractivity contribution is 7.85. The highest BCUT2D eigenvalue weighted by atomic mass is 35.5. The number of unbranched alkanes of at least 4 members (excludes halogenated alkanes) is 1. The molecule has 0 aliphatic carbocycles. The average Bonchev–Trinajstić information content (AvgIpc) is 2.87. The van der Waals surface area contributed by atoms with Crippen LogP contribution in [0.4, 0.5) is 0 Å². The van der Waals surface area contributed by atoms with Crippen LogP contribution in [0.1, 0.15) is 38.1 Å². The van der Waals surface area contributed by atoms with Crippen LogP contribution in [0.3, 0.4) is 0 Å². The summed E-state index contributed by atoms with van der Waals surface area (Å²) in [5.41, 5.74) is 1.02. The lowest BCUT2D eigenvalue weighted by atomic mass is 10.3. The summed E-state index contributed by atoms with van der Waals surface area (Å²) < 4.78 is 39.5. The maximum Gasteiger partial charge on any atom is 0.266 e. The summed E-state index contributed by atoms with van der Waals surface area (Å²) in [5.74, 6) is 0.688. The van der Waals surface area contributed by atoms with Crippen molar-refractivity contribution in [2.75, 3.05) is 12.4 Å². The molecule has 0 amide bonds. The Labute approximate surface area is 157 Å². The van der Waals surface area contributed by atoms with Gasteiger partial charge in [-0.25, -0.2) is 0 Å². The molecule has 1 heterocycles. The number of aryl methyl sites for hydroxylation is 1. The van der Waals surface area contributed by atoms with E-state index in [-0.39, 0.29) is 5.75 Å². The zero-order valence-corrected chi connectivity index (χ0v) is 16.8. The van der Waals surface area contributed by atoms with Crippen LogP contribution in [0.15, 0.2) is 24.0 Å². The van der Waals surface area contributed by atoms with Gasteiger partial charge in [0, 0.05) is 23.9 Å². The van der Waals surface area contributed by atoms with Crippen LogP contribution in [-0.2, 0) is 21.4 Å². The Morgan fingerprint density at radius 3 is 2.76 bits per heavy atom. The van der Waals surface area contributed by atoms with Crippen molar-refractivity contribution in [1.29, 1.82) is 0 Å². The molecule has 0 unspecified atom stereocenters. The molecule has 0 aliphatic heterocycles. The fourth-order valence-electron chi connectivity index (χ4n) is 2.54. The number of aromatic nitrogens is 1. The molecule has 0 saturated carbocycles. The lowest BCUT2D eigenvalue weighted by Gasteiger charge is -2.04. The van der Waals surface area contributed by atoms with Crippen LogP contribution in [-0.4, -0.2) is 25.3 Å². The molecule has 25 heavy (non-hydrogen) atoms. The van der Waals surface area contributed by atoms with Gasteiger partial charge >= 0.3 is 0 Å². The second-order valence-corrected chi connectivity index (χ2v) is 8.67. The Morgan fingerprint density at radius 2 is 2.12 bits per heavy atom. The number of ether oxygens (including phenoxy) is 1. The Morgan fingerprint density at radius 1 is 1.36 bits per heavy atom. The molecular weight excluding hydrogens is 382 g/mol. The Hall–Kier alpha value is -1.15. The van der Waals surface area contributed by atoms with E-state index in [1.807, 2.05) is 38.1 Å². The van der Waals surface area contributed by atoms with Gasteiger partial charge in [-0.05, 0) is 25.5 Å². The molecule has 138 valence electrons. The summed E-state index contributed by atoms with van der Waals surface area (Å²) in [7, 11) is -3.91. The number of thiazole rings is 1. The number of rotatable bonds is 9. The first-order valence-electron chi connectivity index (χ1n) is 8.24. The molecule has 0 aliphatic rings. The predicted octanol–water partition coefficient (Wildman–Crippen LogP) is 4.30. The Balaban J connectivity index is 2.33. The first-order valence-corrected chi connectivity index (χ1v) is 11.0. The predicted molar refractivity (Wildman–Crippen MR) is 103 cm³/mol. The zero-order valence-electron chi connectivity index (χ0n) is 14.4. The van der Waals surface area contributed by atoms with E-state index in [2.05, 4.69) is 4.57 Å². The lowest BCUT2D eigenvalue weighted by molar-refractivity contribution is -0.669. The van der Waals surface area contributed by atoms with E-state index < -0.39 is 10.1 Å². The second-order valence-electron chi connectivity index (χ2n) is 5.59. The molecule has 1 aromatic carbocycles. The van der Waals surface area contributed by atoms with Crippen molar-refractivity contribution in [2.24, 2.45) is 0 Å². The van der Waals surface area contributed by atoms with Crippen molar-refractivity contribution in [2.45, 2.75) is 39.7 Å². The molecule has 8 heteroatoms. The zero-order chi connectivity index (χ0) is 18.4. The van der Waals surface area contributed by atoms with E-state index >= 15 is 0 Å². The number of halogens is 1. The Kier molecular flexibility index (Phi) is 7.25. The van der Waals surface area contributed by atoms with Gasteiger partial charge in [-0.2, -0.15) is 13.0 Å². The number of hydrogen-bond acceptors (Lipinski definition) is 4. The molecule has 0 spiro atoms. The van der Waals surface area contributed by atoms with Crippen LogP contribution < -0.4 is 4.57 Å². The van der Waals surface area contributed by atoms with Crippen LogP contribution in [0.25, 0.3) is 16.3 Å². The van der Waals surface area contributed by atoms with Gasteiger partial charge in [-0.1, -0.05) is 29.9 Å². The summed E-state index contributed by atoms with van der Waals surface area (Å²) in [6.45, 7) is 5.26. The van der Waals surface area contributed by atoms with E-state index in [0.29, 0.717) is 31.0 Å². The van der Waals surface area contributed by atoms with Crippen LogP contribution in [0.5, 0.6) is 0 Å². The molecule has 1 aromatic heterocycles. The molecule has 0 saturated heterocycles. The third-order valence-electron chi connectivity index (χ3n) is 3.69. The number of hydrogen-bond donors (Lipinski definition) is 1. The van der Waals surface area contributed by atoms with Gasteiger partial charge in [-0.3, -0.25) is 4.55 Å². The van der Waals surface area contributed by atoms with E-state index in [1.54, 1.807) is 11.3 Å². The summed E-state index contributed by atoms with van der Waals surface area (Å²) in [6, 6.07) is 5.76. The maximum atomic E-state index is 10.9. The molecule has 2 rings (SSSR count). The topological polar surface area (TPSA) is 67.5 Å². The van der Waals surface area contributed by atoms with Crippen molar-refractivity contribution in [3.05, 3.63) is 34.0 Å². The fourth-order valence-corrected chi connectivity index (χ4v) is 4.40. The SMILES string of the molecule is CCOC(=Cc1sc2ccc(Cl)cc2[n+]1CCCCS(=O)(=O)O)CC. The molecule has 0 radical (unpaired) electrons. The quantitative estimate of drug-likeness (QED) is 0.293. The van der Waals surface area contributed by atoms with Gasteiger partial charge in [0.15, 0.2) is 6.54 Å². The highest BCUT2D eigenvalue weighted by Crippen LogP contribution is 2.26. The third kappa shape index (κ3) is 5.95. The van der Waals surface area contributed by atoms with E-state index in [4.69, 9.17) is 20.9 Å². The van der Waals surface area contributed by atoms with E-state index in [0.717, 1.165) is 27.4 Å². The fraction of sp³-hybridized carbons (Fsp3) is 0.471. The first-order chi connectivity index (χ1) is 11.8.